The van der Waals surface area contributed by atoms with Gasteiger partial charge in [0.15, 0.2) is 0 Å². The van der Waals surface area contributed by atoms with Crippen molar-refractivity contribution in [3.63, 3.8) is 0 Å². The zero-order valence-corrected chi connectivity index (χ0v) is 28.5. The van der Waals surface area contributed by atoms with Gasteiger partial charge in [-0.25, -0.2) is 9.59 Å². The lowest BCUT2D eigenvalue weighted by molar-refractivity contribution is -0.251. The van der Waals surface area contributed by atoms with Gasteiger partial charge in [0.25, 0.3) is 0 Å². The number of esters is 3. The van der Waals surface area contributed by atoms with Crippen molar-refractivity contribution in [1.29, 1.82) is 0 Å². The van der Waals surface area contributed by atoms with Gasteiger partial charge in [0.2, 0.25) is 0 Å². The van der Waals surface area contributed by atoms with Crippen molar-refractivity contribution in [3.05, 3.63) is 58.6 Å². The molecular weight excluding hydrogens is 588 g/mol. The van der Waals surface area contributed by atoms with Gasteiger partial charge < -0.3 is 28.1 Å². The Morgan fingerprint density at radius 1 is 1.00 bits per heavy atom. The van der Waals surface area contributed by atoms with Crippen LogP contribution in [0.4, 0.5) is 0 Å². The highest BCUT2D eigenvalue weighted by atomic mass is 16.6. The largest absolute Gasteiger partial charge is 0.472 e. The van der Waals surface area contributed by atoms with Gasteiger partial charge in [-0.1, -0.05) is 38.5 Å². The molecule has 0 aromatic carbocycles. The summed E-state index contributed by atoms with van der Waals surface area (Å²) in [6.45, 7) is 16.0. The number of methoxy groups -OCH3 is 1. The molecule has 2 aliphatic heterocycles. The van der Waals surface area contributed by atoms with Crippen LogP contribution < -0.4 is 0 Å². The Hall–Kier alpha value is -3.17. The average Bonchev–Trinajstić information content (AvgIpc) is 3.81. The number of allylic oxidation sites excluding steroid dienone is 3. The van der Waals surface area contributed by atoms with E-state index < -0.39 is 40.4 Å². The third kappa shape index (κ3) is 4.51. The van der Waals surface area contributed by atoms with E-state index in [9.17, 15) is 14.4 Å². The molecule has 0 unspecified atom stereocenters. The number of hydrogen-bond acceptors (Lipinski definition) is 9. The molecule has 11 atom stereocenters. The van der Waals surface area contributed by atoms with E-state index >= 15 is 0 Å². The van der Waals surface area contributed by atoms with Crippen molar-refractivity contribution in [3.8, 4) is 0 Å². The number of fused-ring (bicyclic) bond motifs is 4. The van der Waals surface area contributed by atoms with Gasteiger partial charge in [-0.05, 0) is 64.2 Å². The van der Waals surface area contributed by atoms with Gasteiger partial charge >= 0.3 is 17.9 Å². The minimum Gasteiger partial charge on any atom is -0.472 e. The minimum absolute atomic E-state index is 0.112. The standard InChI is InChI=1S/C37H48O9/c1-10-19(3)33(39)45-26-16-27(46-34(40)20(4)11-2)36(7)25(15-28(38)41-9)37(8)29-21(5)23(22-12-13-42-17-22)14-24(29)44-32(37)30-31(36)35(26,6)18-43-30/h10-13,17,23-27,30-32H,14-16,18H2,1-9H3/b19-10+,20-11+/t23-,24-,25-,26-,27+,30-,31+,32-,35-,36+,37-/m1/s1. The quantitative estimate of drug-likeness (QED) is 0.149. The third-order valence-corrected chi connectivity index (χ3v) is 12.7. The van der Waals surface area contributed by atoms with Gasteiger partial charge in [-0.15, -0.1) is 0 Å². The highest BCUT2D eigenvalue weighted by Crippen LogP contribution is 2.74. The monoisotopic (exact) mass is 636 g/mol. The van der Waals surface area contributed by atoms with E-state index in [0.717, 1.165) is 12.0 Å². The Kier molecular flexibility index (Phi) is 8.20. The van der Waals surface area contributed by atoms with E-state index in [1.54, 1.807) is 52.4 Å². The molecule has 1 aromatic heterocycles. The molecule has 0 N–H and O–H groups in total. The third-order valence-electron chi connectivity index (χ3n) is 12.7. The van der Waals surface area contributed by atoms with E-state index in [1.807, 2.05) is 6.07 Å². The molecule has 46 heavy (non-hydrogen) atoms. The molecule has 250 valence electrons. The molecule has 9 heteroatoms. The molecule has 0 spiro atoms. The second-order valence-electron chi connectivity index (χ2n) is 14.7. The molecule has 0 radical (unpaired) electrons. The lowest BCUT2D eigenvalue weighted by atomic mass is 9.40. The molecule has 3 aliphatic carbocycles. The zero-order chi connectivity index (χ0) is 33.3. The first-order chi connectivity index (χ1) is 21.8. The molecule has 9 nitrogen and oxygen atoms in total. The lowest BCUT2D eigenvalue weighted by Gasteiger charge is -2.65. The van der Waals surface area contributed by atoms with Gasteiger partial charge in [0.05, 0.1) is 44.6 Å². The van der Waals surface area contributed by atoms with Crippen molar-refractivity contribution < 1.29 is 42.5 Å². The minimum atomic E-state index is -0.767. The van der Waals surface area contributed by atoms with Crippen LogP contribution in [-0.2, 0) is 38.1 Å². The maximum absolute atomic E-state index is 13.5. The first kappa shape index (κ1) is 32.8. The molecule has 0 amide bonds. The summed E-state index contributed by atoms with van der Waals surface area (Å²) >= 11 is 0. The fourth-order valence-corrected chi connectivity index (χ4v) is 10.2. The van der Waals surface area contributed by atoms with Crippen LogP contribution >= 0.6 is 0 Å². The fraction of sp³-hybridized carbons (Fsp3) is 0.649. The molecule has 0 bridgehead atoms. The van der Waals surface area contributed by atoms with Crippen LogP contribution in [0, 0.1) is 28.1 Å². The Morgan fingerprint density at radius 2 is 1.65 bits per heavy atom. The zero-order valence-electron chi connectivity index (χ0n) is 28.5. The first-order valence-corrected chi connectivity index (χ1v) is 16.5. The van der Waals surface area contributed by atoms with Gasteiger partial charge in [0.1, 0.15) is 12.2 Å². The van der Waals surface area contributed by atoms with Crippen LogP contribution in [-0.4, -0.2) is 62.1 Å². The summed E-state index contributed by atoms with van der Waals surface area (Å²) < 4.78 is 37.3. The number of ether oxygens (including phenoxy) is 5. The highest BCUT2D eigenvalue weighted by molar-refractivity contribution is 5.88. The second-order valence-corrected chi connectivity index (χ2v) is 14.7. The summed E-state index contributed by atoms with van der Waals surface area (Å²) in [5, 5.41) is 0. The predicted octanol–water partition coefficient (Wildman–Crippen LogP) is 6.24. The number of furan rings is 1. The maximum Gasteiger partial charge on any atom is 0.333 e. The summed E-state index contributed by atoms with van der Waals surface area (Å²) in [5.74, 6) is -1.62. The van der Waals surface area contributed by atoms with Gasteiger partial charge in [-0.2, -0.15) is 0 Å². The maximum atomic E-state index is 13.5. The van der Waals surface area contributed by atoms with E-state index in [4.69, 9.17) is 28.1 Å². The van der Waals surface area contributed by atoms with Crippen molar-refractivity contribution in [2.45, 2.75) is 111 Å². The number of carbonyl (C=O) groups is 3. The average molecular weight is 637 g/mol. The van der Waals surface area contributed by atoms with Gasteiger partial charge in [0, 0.05) is 52.1 Å². The first-order valence-electron chi connectivity index (χ1n) is 16.5. The molecule has 3 heterocycles. The molecule has 1 aromatic rings. The van der Waals surface area contributed by atoms with Gasteiger partial charge in [-0.3, -0.25) is 4.79 Å². The summed E-state index contributed by atoms with van der Waals surface area (Å²) in [4.78, 5) is 40.1. The SMILES string of the molecule is C/C=C(\C)C(=O)O[C@H]1C[C@@H](OC(=O)/C(C)=C/C)[C@@]2(C)CO[C@H]3[C@H]4O[C@@H]5C[C@@H](c6ccoc6)C(C)=C5[C@@]4(C)[C@H](CC(=O)OC)[C@]1(C)[C@@H]32. The predicted molar refractivity (Wildman–Crippen MR) is 168 cm³/mol. The summed E-state index contributed by atoms with van der Waals surface area (Å²) in [6, 6.07) is 2.00. The topological polar surface area (TPSA) is 111 Å². The van der Waals surface area contributed by atoms with E-state index in [1.165, 1.54) is 18.3 Å². The van der Waals surface area contributed by atoms with E-state index in [2.05, 4.69) is 27.7 Å². The molecule has 2 saturated heterocycles. The second kappa shape index (κ2) is 11.5. The number of rotatable bonds is 7. The summed E-state index contributed by atoms with van der Waals surface area (Å²) in [5.41, 5.74) is 2.49. The van der Waals surface area contributed by atoms with Crippen LogP contribution in [0.15, 0.2) is 57.5 Å². The Bertz CT molecular complexity index is 1500. The van der Waals surface area contributed by atoms with Crippen LogP contribution in [0.1, 0.15) is 86.1 Å². The Balaban J connectivity index is 1.53. The normalized spacial score (nSPS) is 41.5. The van der Waals surface area contributed by atoms with Crippen LogP contribution in [0.2, 0.25) is 0 Å². The summed E-state index contributed by atoms with van der Waals surface area (Å²) in [7, 11) is 1.41. The van der Waals surface area contributed by atoms with Crippen molar-refractivity contribution in [2.75, 3.05) is 13.7 Å². The summed E-state index contributed by atoms with van der Waals surface area (Å²) in [6.07, 6.45) is 5.95. The molecule has 2 saturated carbocycles. The fourth-order valence-electron chi connectivity index (χ4n) is 10.2. The smallest absolute Gasteiger partial charge is 0.333 e. The molecular formula is C37H48O9. The van der Waals surface area contributed by atoms with Crippen LogP contribution in [0.25, 0.3) is 0 Å². The van der Waals surface area contributed by atoms with Crippen molar-refractivity contribution in [2.24, 2.45) is 28.1 Å². The molecule has 5 aliphatic rings. The number of carbonyl (C=O) groups excluding carboxylic acids is 3. The van der Waals surface area contributed by atoms with Crippen molar-refractivity contribution >= 4 is 17.9 Å². The lowest BCUT2D eigenvalue weighted by Crippen LogP contribution is -2.71. The Labute approximate surface area is 271 Å². The van der Waals surface area contributed by atoms with E-state index in [-0.39, 0.29) is 54.9 Å². The Morgan fingerprint density at radius 3 is 2.24 bits per heavy atom. The highest BCUT2D eigenvalue weighted by Gasteiger charge is 2.78. The van der Waals surface area contributed by atoms with Crippen LogP contribution in [0.3, 0.4) is 0 Å². The van der Waals surface area contributed by atoms with E-state index in [0.29, 0.717) is 17.8 Å². The number of hydrogen-bond donors (Lipinski definition) is 0. The van der Waals surface area contributed by atoms with Crippen molar-refractivity contribution in [1.82, 2.24) is 0 Å². The van der Waals surface area contributed by atoms with Crippen LogP contribution in [0.5, 0.6) is 0 Å². The molecule has 4 fully saturated rings. The molecule has 6 rings (SSSR count).